The molecule has 2 aromatic rings. The molecular weight excluding hydrogens is 286 g/mol. The van der Waals surface area contributed by atoms with Crippen LogP contribution in [0.3, 0.4) is 0 Å². The summed E-state index contributed by atoms with van der Waals surface area (Å²) in [7, 11) is 0. The van der Waals surface area contributed by atoms with Gasteiger partial charge in [0.15, 0.2) is 18.1 Å². The second-order valence-electron chi connectivity index (χ2n) is 5.12. The molecule has 0 fully saturated rings. The van der Waals surface area contributed by atoms with Crippen molar-refractivity contribution >= 4 is 11.8 Å². The molecule has 0 spiro atoms. The van der Waals surface area contributed by atoms with Gasteiger partial charge in [-0.05, 0) is 38.5 Å². The first-order valence-electron chi connectivity index (χ1n) is 6.69. The van der Waals surface area contributed by atoms with Crippen molar-refractivity contribution < 1.29 is 24.5 Å². The van der Waals surface area contributed by atoms with Crippen LogP contribution in [0.25, 0.3) is 0 Å². The highest BCUT2D eigenvalue weighted by atomic mass is 16.5. The minimum atomic E-state index is -0.869. The summed E-state index contributed by atoms with van der Waals surface area (Å²) in [5, 5.41) is 19.3. The quantitative estimate of drug-likeness (QED) is 0.457. The van der Waals surface area contributed by atoms with Gasteiger partial charge in [-0.3, -0.25) is 4.79 Å². The number of aromatic hydroxyl groups is 2. The third kappa shape index (κ3) is 2.95. The number of ketones is 1. The van der Waals surface area contributed by atoms with Crippen molar-refractivity contribution in [2.45, 2.75) is 20.8 Å². The predicted molar refractivity (Wildman–Crippen MR) is 79.4 cm³/mol. The summed E-state index contributed by atoms with van der Waals surface area (Å²) < 4.78 is 4.91. The number of carbonyl (C=O) groups is 2. The Morgan fingerprint density at radius 3 is 2.36 bits per heavy atom. The third-order valence-corrected chi connectivity index (χ3v) is 3.36. The van der Waals surface area contributed by atoms with E-state index in [1.165, 1.54) is 12.1 Å². The summed E-state index contributed by atoms with van der Waals surface area (Å²) in [6.07, 6.45) is 0. The van der Waals surface area contributed by atoms with E-state index in [1.54, 1.807) is 19.9 Å². The number of ether oxygens (including phenoxy) is 1. The Bertz CT molecular complexity index is 745. The number of hydrogen-bond donors (Lipinski definition) is 3. The van der Waals surface area contributed by atoms with Crippen LogP contribution in [0.15, 0.2) is 18.2 Å². The van der Waals surface area contributed by atoms with E-state index in [2.05, 4.69) is 4.98 Å². The molecular formula is C16H17NO5. The number of nitrogens with one attached hydrogen (secondary N) is 1. The van der Waals surface area contributed by atoms with Crippen LogP contribution >= 0.6 is 0 Å². The fourth-order valence-electron chi connectivity index (χ4n) is 2.15. The molecule has 1 aromatic carbocycles. The Morgan fingerprint density at radius 2 is 1.77 bits per heavy atom. The highest BCUT2D eigenvalue weighted by molar-refractivity contribution is 6.01. The summed E-state index contributed by atoms with van der Waals surface area (Å²) >= 11 is 0. The molecule has 0 radical (unpaired) electrons. The van der Waals surface area contributed by atoms with Gasteiger partial charge >= 0.3 is 5.97 Å². The van der Waals surface area contributed by atoms with Gasteiger partial charge in [-0.2, -0.15) is 0 Å². The van der Waals surface area contributed by atoms with E-state index in [0.29, 0.717) is 16.8 Å². The number of rotatable bonds is 4. The maximum atomic E-state index is 12.0. The lowest BCUT2D eigenvalue weighted by molar-refractivity contribution is 0.0471. The predicted octanol–water partition coefficient (Wildman–Crippen LogP) is 2.39. The molecule has 2 rings (SSSR count). The molecule has 0 saturated heterocycles. The van der Waals surface area contributed by atoms with Gasteiger partial charge in [0.25, 0.3) is 0 Å². The van der Waals surface area contributed by atoms with Crippen molar-refractivity contribution in [3.8, 4) is 11.5 Å². The molecule has 3 N–H and O–H groups in total. The lowest BCUT2D eigenvalue weighted by Gasteiger charge is -2.08. The van der Waals surface area contributed by atoms with Gasteiger partial charge in [-0.25, -0.2) is 4.79 Å². The summed E-state index contributed by atoms with van der Waals surface area (Å²) in [6, 6.07) is 4.50. The minimum Gasteiger partial charge on any atom is -0.504 e. The van der Waals surface area contributed by atoms with Gasteiger partial charge in [0, 0.05) is 17.0 Å². The van der Waals surface area contributed by atoms with Gasteiger partial charge in [-0.1, -0.05) is 6.07 Å². The number of Topliss-reactive ketones (excluding diaryl/α,β-unsaturated/α-hetero) is 1. The summed E-state index contributed by atoms with van der Waals surface area (Å²) in [4.78, 5) is 26.9. The van der Waals surface area contributed by atoms with E-state index in [1.807, 2.05) is 6.92 Å². The highest BCUT2D eigenvalue weighted by Crippen LogP contribution is 2.32. The number of benzene rings is 1. The maximum Gasteiger partial charge on any atom is 0.342 e. The Balaban J connectivity index is 2.09. The molecule has 0 amide bonds. The lowest BCUT2D eigenvalue weighted by atomic mass is 10.1. The van der Waals surface area contributed by atoms with Gasteiger partial charge in [0.05, 0.1) is 0 Å². The van der Waals surface area contributed by atoms with Crippen LogP contribution in [0.4, 0.5) is 0 Å². The second kappa shape index (κ2) is 5.93. The number of phenolic OH excluding ortho intramolecular Hbond substituents is 2. The van der Waals surface area contributed by atoms with Gasteiger partial charge in [0.1, 0.15) is 5.56 Å². The Kier molecular flexibility index (Phi) is 4.21. The number of phenols is 2. The largest absolute Gasteiger partial charge is 0.504 e. The fourth-order valence-corrected chi connectivity index (χ4v) is 2.15. The number of aromatic amines is 1. The molecule has 0 unspecified atom stereocenters. The molecule has 0 aliphatic rings. The van der Waals surface area contributed by atoms with Crippen molar-refractivity contribution in [3.05, 3.63) is 46.3 Å². The van der Waals surface area contributed by atoms with Crippen molar-refractivity contribution in [3.63, 3.8) is 0 Å². The fraction of sp³-hybridized carbons (Fsp3) is 0.250. The third-order valence-electron chi connectivity index (χ3n) is 3.36. The number of aryl methyl sites for hydroxylation is 3. The average molecular weight is 303 g/mol. The van der Waals surface area contributed by atoms with Crippen molar-refractivity contribution in [2.75, 3.05) is 6.61 Å². The molecule has 6 nitrogen and oxygen atoms in total. The van der Waals surface area contributed by atoms with Crippen LogP contribution in [0.5, 0.6) is 11.5 Å². The summed E-state index contributed by atoms with van der Waals surface area (Å²) in [5.41, 5.74) is 2.25. The van der Waals surface area contributed by atoms with Gasteiger partial charge < -0.3 is 19.9 Å². The van der Waals surface area contributed by atoms with E-state index in [0.717, 1.165) is 5.69 Å². The highest BCUT2D eigenvalue weighted by Gasteiger charge is 2.19. The first-order valence-corrected chi connectivity index (χ1v) is 6.69. The van der Waals surface area contributed by atoms with Crippen LogP contribution in [-0.4, -0.2) is 33.6 Å². The lowest BCUT2D eigenvalue weighted by Crippen LogP contribution is -2.14. The van der Waals surface area contributed by atoms with E-state index < -0.39 is 18.3 Å². The molecule has 22 heavy (non-hydrogen) atoms. The average Bonchev–Trinajstić information content (AvgIpc) is 2.81. The van der Waals surface area contributed by atoms with Crippen LogP contribution in [0.2, 0.25) is 0 Å². The van der Waals surface area contributed by atoms with Crippen LogP contribution in [0.1, 0.15) is 37.7 Å². The zero-order chi connectivity index (χ0) is 16.4. The molecule has 6 heteroatoms. The van der Waals surface area contributed by atoms with Crippen LogP contribution in [-0.2, 0) is 4.74 Å². The Hall–Kier alpha value is -2.76. The van der Waals surface area contributed by atoms with E-state index in [9.17, 15) is 19.8 Å². The second-order valence-corrected chi connectivity index (χ2v) is 5.12. The minimum absolute atomic E-state index is 0.183. The van der Waals surface area contributed by atoms with E-state index >= 15 is 0 Å². The van der Waals surface area contributed by atoms with E-state index in [4.69, 9.17) is 4.74 Å². The molecule has 0 atom stereocenters. The standard InChI is InChI=1S/C16H17NO5/c1-8-4-5-11(15(20)14(8)19)16(21)22-7-13(18)12-6-9(2)17-10(12)3/h4-6,17,19-20H,7H2,1-3H3. The molecule has 1 aromatic heterocycles. The van der Waals surface area contributed by atoms with Crippen LogP contribution in [0, 0.1) is 20.8 Å². The topological polar surface area (TPSA) is 99.6 Å². The molecule has 1 heterocycles. The van der Waals surface area contributed by atoms with Crippen molar-refractivity contribution in [1.82, 2.24) is 4.98 Å². The van der Waals surface area contributed by atoms with Gasteiger partial charge in [-0.15, -0.1) is 0 Å². The van der Waals surface area contributed by atoms with E-state index in [-0.39, 0.29) is 17.1 Å². The number of carbonyl (C=O) groups excluding carboxylic acids is 2. The molecule has 116 valence electrons. The summed E-state index contributed by atoms with van der Waals surface area (Å²) in [6.45, 7) is 4.73. The number of aromatic nitrogens is 1. The summed E-state index contributed by atoms with van der Waals surface area (Å²) in [5.74, 6) is -2.14. The molecule has 0 saturated carbocycles. The monoisotopic (exact) mass is 303 g/mol. The van der Waals surface area contributed by atoms with Crippen molar-refractivity contribution in [1.29, 1.82) is 0 Å². The zero-order valence-corrected chi connectivity index (χ0v) is 12.6. The zero-order valence-electron chi connectivity index (χ0n) is 12.6. The Labute approximate surface area is 127 Å². The first kappa shape index (κ1) is 15.6. The SMILES string of the molecule is Cc1cc(C(=O)COC(=O)c2ccc(C)c(O)c2O)c(C)[nH]1. The normalized spacial score (nSPS) is 10.5. The number of esters is 1. The molecule has 0 aliphatic carbocycles. The van der Waals surface area contributed by atoms with Crippen molar-refractivity contribution in [2.24, 2.45) is 0 Å². The number of H-pyrrole nitrogens is 1. The first-order chi connectivity index (χ1) is 10.3. The van der Waals surface area contributed by atoms with Gasteiger partial charge in [0.2, 0.25) is 5.78 Å². The molecule has 0 bridgehead atoms. The van der Waals surface area contributed by atoms with Crippen LogP contribution < -0.4 is 0 Å². The maximum absolute atomic E-state index is 12.0. The number of hydrogen-bond acceptors (Lipinski definition) is 5. The smallest absolute Gasteiger partial charge is 0.342 e. The Morgan fingerprint density at radius 1 is 1.09 bits per heavy atom. The molecule has 0 aliphatic heterocycles.